The Morgan fingerprint density at radius 2 is 1.85 bits per heavy atom. The maximum Gasteiger partial charge on any atom is 0.309 e. The summed E-state index contributed by atoms with van der Waals surface area (Å²) in [7, 11) is 0. The van der Waals surface area contributed by atoms with E-state index < -0.39 is 11.4 Å². The van der Waals surface area contributed by atoms with E-state index in [0.29, 0.717) is 5.92 Å². The standard InChI is InChI=1S/C11H15O2/c12-10(13)11-4-7-1-8(5-11)3-9(2-7)6-11/h4,7-9H,1-3,5-6H2,(H,12,13). The number of hydrogen-bond donors (Lipinski definition) is 1. The Labute approximate surface area is 78.3 Å². The second kappa shape index (κ2) is 2.28. The Balaban J connectivity index is 1.95. The highest BCUT2D eigenvalue weighted by Crippen LogP contribution is 2.59. The molecule has 13 heavy (non-hydrogen) atoms. The molecule has 71 valence electrons. The van der Waals surface area contributed by atoms with Crippen molar-refractivity contribution in [2.75, 3.05) is 0 Å². The monoisotopic (exact) mass is 179 g/mol. The smallest absolute Gasteiger partial charge is 0.309 e. The number of carbonyl (C=O) groups is 1. The third kappa shape index (κ3) is 0.976. The predicted octanol–water partition coefficient (Wildman–Crippen LogP) is 2.10. The summed E-state index contributed by atoms with van der Waals surface area (Å²) < 4.78 is 0. The summed E-state index contributed by atoms with van der Waals surface area (Å²) in [5, 5.41) is 9.25. The molecule has 4 saturated carbocycles. The van der Waals surface area contributed by atoms with E-state index in [4.69, 9.17) is 0 Å². The fourth-order valence-electron chi connectivity index (χ4n) is 4.03. The van der Waals surface area contributed by atoms with Crippen LogP contribution in [-0.2, 0) is 4.79 Å². The van der Waals surface area contributed by atoms with Gasteiger partial charge in [-0.1, -0.05) is 0 Å². The van der Waals surface area contributed by atoms with E-state index in [1.54, 1.807) is 0 Å². The Hall–Kier alpha value is -0.530. The first-order valence-electron chi connectivity index (χ1n) is 5.27. The summed E-state index contributed by atoms with van der Waals surface area (Å²) in [5.41, 5.74) is -0.408. The quantitative estimate of drug-likeness (QED) is 0.669. The molecule has 4 aliphatic carbocycles. The molecule has 2 nitrogen and oxygen atoms in total. The number of carboxylic acids is 1. The second-order valence-electron chi connectivity index (χ2n) is 5.24. The van der Waals surface area contributed by atoms with Gasteiger partial charge in [-0.25, -0.2) is 0 Å². The van der Waals surface area contributed by atoms with Crippen molar-refractivity contribution in [3.63, 3.8) is 0 Å². The SMILES string of the molecule is O=C(O)C12[CH]C3CC(CC(C3)C1)C2. The van der Waals surface area contributed by atoms with Crippen LogP contribution in [0.2, 0.25) is 0 Å². The lowest BCUT2D eigenvalue weighted by molar-refractivity contribution is -0.156. The van der Waals surface area contributed by atoms with Gasteiger partial charge in [0.25, 0.3) is 0 Å². The average molecular weight is 179 g/mol. The largest absolute Gasteiger partial charge is 0.481 e. The molecule has 2 heteroatoms. The van der Waals surface area contributed by atoms with Crippen LogP contribution in [-0.4, -0.2) is 11.1 Å². The van der Waals surface area contributed by atoms with Gasteiger partial charge in [0.05, 0.1) is 5.41 Å². The van der Waals surface area contributed by atoms with Gasteiger partial charge in [0.1, 0.15) is 0 Å². The van der Waals surface area contributed by atoms with Crippen molar-refractivity contribution in [1.82, 2.24) is 0 Å². The first-order valence-corrected chi connectivity index (χ1v) is 5.27. The molecule has 4 aliphatic rings. The zero-order valence-electron chi connectivity index (χ0n) is 7.70. The van der Waals surface area contributed by atoms with Gasteiger partial charge in [0.15, 0.2) is 0 Å². The zero-order chi connectivity index (χ0) is 9.05. The minimum Gasteiger partial charge on any atom is -0.481 e. The van der Waals surface area contributed by atoms with Crippen LogP contribution in [0.25, 0.3) is 0 Å². The van der Waals surface area contributed by atoms with Crippen LogP contribution >= 0.6 is 0 Å². The third-order valence-electron chi connectivity index (χ3n) is 4.23. The van der Waals surface area contributed by atoms with Crippen LogP contribution in [0.1, 0.15) is 32.1 Å². The molecule has 0 heterocycles. The lowest BCUT2D eigenvalue weighted by atomic mass is 9.49. The van der Waals surface area contributed by atoms with Gasteiger partial charge in [-0.05, 0) is 56.3 Å². The van der Waals surface area contributed by atoms with Crippen molar-refractivity contribution in [2.45, 2.75) is 32.1 Å². The van der Waals surface area contributed by atoms with Crippen LogP contribution in [0.3, 0.4) is 0 Å². The molecule has 1 radical (unpaired) electrons. The van der Waals surface area contributed by atoms with Gasteiger partial charge in [-0.2, -0.15) is 0 Å². The highest BCUT2D eigenvalue weighted by Gasteiger charge is 2.55. The molecule has 4 rings (SSSR count). The van der Waals surface area contributed by atoms with E-state index in [2.05, 4.69) is 6.42 Å². The highest BCUT2D eigenvalue weighted by atomic mass is 16.4. The Kier molecular flexibility index (Phi) is 1.38. The molecule has 0 aliphatic heterocycles. The van der Waals surface area contributed by atoms with E-state index in [9.17, 15) is 9.90 Å². The molecule has 0 aromatic carbocycles. The summed E-state index contributed by atoms with van der Waals surface area (Å²) in [5.74, 6) is 1.51. The predicted molar refractivity (Wildman–Crippen MR) is 47.9 cm³/mol. The first kappa shape index (κ1) is 7.84. The summed E-state index contributed by atoms with van der Waals surface area (Å²) in [4.78, 5) is 11.2. The zero-order valence-corrected chi connectivity index (χ0v) is 7.70. The Morgan fingerprint density at radius 1 is 1.23 bits per heavy atom. The van der Waals surface area contributed by atoms with Crippen LogP contribution < -0.4 is 0 Å². The molecule has 0 saturated heterocycles. The second-order valence-corrected chi connectivity index (χ2v) is 5.24. The maximum atomic E-state index is 11.2. The molecular formula is C11H15O2. The molecule has 2 atom stereocenters. The third-order valence-corrected chi connectivity index (χ3v) is 4.23. The van der Waals surface area contributed by atoms with Crippen LogP contribution in [0.15, 0.2) is 0 Å². The fraction of sp³-hybridized carbons (Fsp3) is 0.818. The molecular weight excluding hydrogens is 164 g/mol. The van der Waals surface area contributed by atoms with E-state index in [-0.39, 0.29) is 0 Å². The van der Waals surface area contributed by atoms with Gasteiger partial charge >= 0.3 is 5.97 Å². The maximum absolute atomic E-state index is 11.2. The van der Waals surface area contributed by atoms with Crippen molar-refractivity contribution in [1.29, 1.82) is 0 Å². The molecule has 1 N–H and O–H groups in total. The van der Waals surface area contributed by atoms with Crippen molar-refractivity contribution >= 4 is 5.97 Å². The van der Waals surface area contributed by atoms with E-state index in [1.165, 1.54) is 19.3 Å². The van der Waals surface area contributed by atoms with Gasteiger partial charge in [-0.15, -0.1) is 0 Å². The molecule has 0 spiro atoms. The number of rotatable bonds is 1. The lowest BCUT2D eigenvalue weighted by Gasteiger charge is -2.54. The van der Waals surface area contributed by atoms with Crippen molar-refractivity contribution in [3.8, 4) is 0 Å². The van der Waals surface area contributed by atoms with Crippen molar-refractivity contribution in [2.24, 2.45) is 23.2 Å². The van der Waals surface area contributed by atoms with Gasteiger partial charge < -0.3 is 5.11 Å². The van der Waals surface area contributed by atoms with Gasteiger partial charge in [0.2, 0.25) is 0 Å². The summed E-state index contributed by atoms with van der Waals surface area (Å²) in [6.07, 6.45) is 7.85. The summed E-state index contributed by atoms with van der Waals surface area (Å²) in [6.45, 7) is 0. The highest BCUT2D eigenvalue weighted by molar-refractivity contribution is 5.77. The topological polar surface area (TPSA) is 37.3 Å². The lowest BCUT2D eigenvalue weighted by Crippen LogP contribution is -2.50. The molecule has 4 bridgehead atoms. The average Bonchev–Trinajstić information content (AvgIpc) is 2.00. The van der Waals surface area contributed by atoms with Gasteiger partial charge in [-0.3, -0.25) is 4.79 Å². The van der Waals surface area contributed by atoms with Crippen molar-refractivity contribution in [3.05, 3.63) is 6.42 Å². The van der Waals surface area contributed by atoms with E-state index in [1.807, 2.05) is 0 Å². The van der Waals surface area contributed by atoms with Crippen LogP contribution in [0, 0.1) is 29.6 Å². The minimum atomic E-state index is -0.563. The molecule has 2 unspecified atom stereocenters. The Bertz CT molecular complexity index is 222. The fourth-order valence-corrected chi connectivity index (χ4v) is 4.03. The number of carboxylic acid groups (broad SMARTS) is 1. The number of aliphatic carboxylic acids is 1. The molecule has 0 aromatic heterocycles. The van der Waals surface area contributed by atoms with E-state index in [0.717, 1.165) is 24.7 Å². The van der Waals surface area contributed by atoms with E-state index >= 15 is 0 Å². The summed E-state index contributed by atoms with van der Waals surface area (Å²) in [6, 6.07) is 0. The molecule has 0 aromatic rings. The number of hydrogen-bond acceptors (Lipinski definition) is 1. The first-order chi connectivity index (χ1) is 6.18. The van der Waals surface area contributed by atoms with Gasteiger partial charge in [0, 0.05) is 0 Å². The summed E-state index contributed by atoms with van der Waals surface area (Å²) >= 11 is 0. The molecule has 0 amide bonds. The van der Waals surface area contributed by atoms with Crippen molar-refractivity contribution < 1.29 is 9.90 Å². The van der Waals surface area contributed by atoms with Crippen LogP contribution in [0.4, 0.5) is 0 Å². The minimum absolute atomic E-state index is 0.408. The molecule has 4 fully saturated rings. The Morgan fingerprint density at radius 3 is 2.31 bits per heavy atom. The normalized spacial score (nSPS) is 52.5. The van der Waals surface area contributed by atoms with Crippen LogP contribution in [0.5, 0.6) is 0 Å².